The van der Waals surface area contributed by atoms with E-state index in [-0.39, 0.29) is 11.6 Å². The Morgan fingerprint density at radius 2 is 1.74 bits per heavy atom. The maximum Gasteiger partial charge on any atom is 0.407 e. The van der Waals surface area contributed by atoms with Crippen molar-refractivity contribution in [2.45, 2.75) is 32.9 Å². The molecule has 4 aromatic rings. The number of amides is 1. The van der Waals surface area contributed by atoms with Crippen molar-refractivity contribution in [2.75, 3.05) is 0 Å². The number of nitrogens with two attached hydrogens (primary N) is 1. The summed E-state index contributed by atoms with van der Waals surface area (Å²) >= 11 is 0. The van der Waals surface area contributed by atoms with Gasteiger partial charge in [0.2, 0.25) is 0 Å². The molecular weight excluding hydrogens is 428 g/mol. The van der Waals surface area contributed by atoms with E-state index in [1.807, 2.05) is 75.4 Å². The summed E-state index contributed by atoms with van der Waals surface area (Å²) in [7, 11) is 0. The molecule has 1 heterocycles. The number of alkyl carbamates (subject to hydrolysis) is 1. The number of hydrogen-bond acceptors (Lipinski definition) is 4. The van der Waals surface area contributed by atoms with Gasteiger partial charge in [-0.25, -0.2) is 4.79 Å². The Kier molecular flexibility index (Phi) is 6.03. The van der Waals surface area contributed by atoms with Gasteiger partial charge in [0.25, 0.3) is 0 Å². The van der Waals surface area contributed by atoms with Crippen molar-refractivity contribution in [3.05, 3.63) is 77.9 Å². The number of aromatic nitrogens is 1. The average molecular weight is 457 g/mol. The lowest BCUT2D eigenvalue weighted by molar-refractivity contribution is 0.0523. The standard InChI is InChI=1S/C27H28N4O3/c1-27(2,3)34-26(33)30-15-16-4-6-17(7-5-16)18-9-11-24(32)21(13-18)23-14-20-12-19(25(28)29)8-10-22(20)31-23/h4-14,31-32H,15H2,1-3H3,(H3,28,29)(H,30,33). The molecule has 174 valence electrons. The van der Waals surface area contributed by atoms with E-state index in [2.05, 4.69) is 10.3 Å². The number of rotatable bonds is 5. The molecule has 0 atom stereocenters. The number of nitrogens with one attached hydrogen (secondary N) is 3. The van der Waals surface area contributed by atoms with Gasteiger partial charge in [-0.2, -0.15) is 0 Å². The molecule has 0 fully saturated rings. The van der Waals surface area contributed by atoms with E-state index in [0.29, 0.717) is 17.7 Å². The van der Waals surface area contributed by atoms with Gasteiger partial charge in [0.15, 0.2) is 0 Å². The van der Waals surface area contributed by atoms with E-state index in [9.17, 15) is 9.90 Å². The topological polar surface area (TPSA) is 124 Å². The summed E-state index contributed by atoms with van der Waals surface area (Å²) in [6.45, 7) is 5.85. The van der Waals surface area contributed by atoms with Gasteiger partial charge in [-0.15, -0.1) is 0 Å². The van der Waals surface area contributed by atoms with Gasteiger partial charge in [-0.3, -0.25) is 5.41 Å². The highest BCUT2D eigenvalue weighted by Crippen LogP contribution is 2.35. The van der Waals surface area contributed by atoms with E-state index in [1.165, 1.54) is 0 Å². The predicted molar refractivity (Wildman–Crippen MR) is 135 cm³/mol. The summed E-state index contributed by atoms with van der Waals surface area (Å²) < 4.78 is 5.27. The molecule has 7 nitrogen and oxygen atoms in total. The molecule has 0 bridgehead atoms. The van der Waals surface area contributed by atoms with E-state index >= 15 is 0 Å². The van der Waals surface area contributed by atoms with E-state index in [1.54, 1.807) is 12.1 Å². The maximum atomic E-state index is 11.9. The fourth-order valence-corrected chi connectivity index (χ4v) is 3.68. The number of amidine groups is 1. The van der Waals surface area contributed by atoms with Crippen LogP contribution in [-0.2, 0) is 11.3 Å². The van der Waals surface area contributed by atoms with Gasteiger partial charge in [0.05, 0.1) is 5.69 Å². The number of carbonyl (C=O) groups excluding carboxylic acids is 1. The van der Waals surface area contributed by atoms with Gasteiger partial charge in [-0.05, 0) is 73.9 Å². The van der Waals surface area contributed by atoms with Crippen molar-refractivity contribution in [2.24, 2.45) is 5.73 Å². The number of aromatic hydroxyl groups is 1. The quantitative estimate of drug-likeness (QED) is 0.200. The van der Waals surface area contributed by atoms with E-state index in [0.717, 1.165) is 33.3 Å². The number of carbonyl (C=O) groups is 1. The lowest BCUT2D eigenvalue weighted by Gasteiger charge is -2.19. The van der Waals surface area contributed by atoms with Crippen LogP contribution in [0.15, 0.2) is 66.7 Å². The fraction of sp³-hybridized carbons (Fsp3) is 0.185. The Balaban J connectivity index is 1.55. The first-order chi connectivity index (χ1) is 16.1. The molecule has 0 aliphatic rings. The van der Waals surface area contributed by atoms with Gasteiger partial charge in [0, 0.05) is 28.6 Å². The molecule has 0 saturated carbocycles. The summed E-state index contributed by atoms with van der Waals surface area (Å²) in [6.07, 6.45) is -0.450. The molecule has 6 N–H and O–H groups in total. The second-order valence-corrected chi connectivity index (χ2v) is 9.18. The smallest absolute Gasteiger partial charge is 0.407 e. The SMILES string of the molecule is CC(C)(C)OC(=O)NCc1ccc(-c2ccc(O)c(-c3cc4cc(C(=N)N)ccc4[nH]3)c2)cc1. The number of hydrogen-bond donors (Lipinski definition) is 5. The first kappa shape index (κ1) is 22.9. The van der Waals surface area contributed by atoms with Crippen molar-refractivity contribution in [1.29, 1.82) is 5.41 Å². The molecule has 0 aliphatic carbocycles. The molecule has 0 radical (unpaired) electrons. The number of ether oxygens (including phenoxy) is 1. The predicted octanol–water partition coefficient (Wildman–Crippen LogP) is 5.52. The molecule has 0 saturated heterocycles. The third kappa shape index (κ3) is 5.20. The number of benzene rings is 3. The average Bonchev–Trinajstić information content (AvgIpc) is 3.20. The molecule has 1 amide bonds. The molecule has 4 rings (SSSR count). The van der Waals surface area contributed by atoms with Crippen molar-refractivity contribution < 1.29 is 14.6 Å². The Bertz CT molecular complexity index is 1370. The zero-order valence-corrected chi connectivity index (χ0v) is 19.4. The van der Waals surface area contributed by atoms with Crippen LogP contribution in [0.1, 0.15) is 31.9 Å². The number of phenols is 1. The van der Waals surface area contributed by atoms with Crippen LogP contribution in [0.3, 0.4) is 0 Å². The molecule has 0 unspecified atom stereocenters. The Morgan fingerprint density at radius 1 is 1.03 bits per heavy atom. The summed E-state index contributed by atoms with van der Waals surface area (Å²) in [4.78, 5) is 15.2. The minimum Gasteiger partial charge on any atom is -0.507 e. The molecule has 7 heteroatoms. The zero-order valence-electron chi connectivity index (χ0n) is 19.4. The van der Waals surface area contributed by atoms with Crippen LogP contribution in [0.2, 0.25) is 0 Å². The second-order valence-electron chi connectivity index (χ2n) is 9.18. The van der Waals surface area contributed by atoms with Crippen LogP contribution in [-0.4, -0.2) is 27.6 Å². The summed E-state index contributed by atoms with van der Waals surface area (Å²) in [6, 6.07) is 20.8. The molecule has 1 aromatic heterocycles. The third-order valence-corrected chi connectivity index (χ3v) is 5.34. The molecular formula is C27H28N4O3. The lowest BCUT2D eigenvalue weighted by Crippen LogP contribution is -2.32. The van der Waals surface area contributed by atoms with Crippen LogP contribution in [0, 0.1) is 5.41 Å². The number of nitrogen functional groups attached to an aromatic ring is 1. The van der Waals surface area contributed by atoms with Crippen LogP contribution in [0.5, 0.6) is 5.75 Å². The van der Waals surface area contributed by atoms with Gasteiger partial charge < -0.3 is 25.9 Å². The lowest BCUT2D eigenvalue weighted by atomic mass is 10.00. The Labute approximate surface area is 198 Å². The molecule has 3 aromatic carbocycles. The summed E-state index contributed by atoms with van der Waals surface area (Å²) in [5, 5.41) is 21.8. The first-order valence-corrected chi connectivity index (χ1v) is 11.0. The van der Waals surface area contributed by atoms with Crippen LogP contribution in [0.25, 0.3) is 33.3 Å². The van der Waals surface area contributed by atoms with Crippen LogP contribution >= 0.6 is 0 Å². The monoisotopic (exact) mass is 456 g/mol. The largest absolute Gasteiger partial charge is 0.507 e. The van der Waals surface area contributed by atoms with Crippen LogP contribution < -0.4 is 11.1 Å². The Hall–Kier alpha value is -4.26. The maximum absolute atomic E-state index is 11.9. The van der Waals surface area contributed by atoms with Crippen molar-refractivity contribution in [3.8, 4) is 28.1 Å². The second kappa shape index (κ2) is 8.94. The van der Waals surface area contributed by atoms with Crippen molar-refractivity contribution in [1.82, 2.24) is 10.3 Å². The van der Waals surface area contributed by atoms with Crippen molar-refractivity contribution in [3.63, 3.8) is 0 Å². The minimum atomic E-state index is -0.536. The number of fused-ring (bicyclic) bond motifs is 1. The summed E-state index contributed by atoms with van der Waals surface area (Å²) in [5.41, 5.74) is 10.9. The highest BCUT2D eigenvalue weighted by Gasteiger charge is 2.16. The summed E-state index contributed by atoms with van der Waals surface area (Å²) in [5.74, 6) is 0.180. The van der Waals surface area contributed by atoms with Gasteiger partial charge >= 0.3 is 6.09 Å². The van der Waals surface area contributed by atoms with E-state index < -0.39 is 11.7 Å². The molecule has 34 heavy (non-hydrogen) atoms. The van der Waals surface area contributed by atoms with Gasteiger partial charge in [0.1, 0.15) is 17.2 Å². The number of phenolic OH excluding ortho intramolecular Hbond substituents is 1. The highest BCUT2D eigenvalue weighted by atomic mass is 16.6. The van der Waals surface area contributed by atoms with Crippen LogP contribution in [0.4, 0.5) is 4.79 Å². The molecule has 0 aliphatic heterocycles. The third-order valence-electron chi connectivity index (χ3n) is 5.34. The first-order valence-electron chi connectivity index (χ1n) is 11.0. The van der Waals surface area contributed by atoms with E-state index in [4.69, 9.17) is 15.9 Å². The van der Waals surface area contributed by atoms with Crippen molar-refractivity contribution >= 4 is 22.8 Å². The number of H-pyrrole nitrogens is 1. The fourth-order valence-electron chi connectivity index (χ4n) is 3.68. The highest BCUT2D eigenvalue weighted by molar-refractivity contribution is 5.99. The Morgan fingerprint density at radius 3 is 2.41 bits per heavy atom. The molecule has 0 spiro atoms. The number of aromatic amines is 1. The minimum absolute atomic E-state index is 0.0132. The normalized spacial score (nSPS) is 11.4. The zero-order chi connectivity index (χ0) is 24.5. The van der Waals surface area contributed by atoms with Gasteiger partial charge in [-0.1, -0.05) is 30.3 Å².